The van der Waals surface area contributed by atoms with Crippen molar-refractivity contribution in [1.82, 2.24) is 14.9 Å². The molecule has 0 fully saturated rings. The molecule has 0 spiro atoms. The van der Waals surface area contributed by atoms with E-state index in [0.29, 0.717) is 12.8 Å². The minimum absolute atomic E-state index is 0.0269. The number of carbonyl (C=O) groups is 2. The zero-order chi connectivity index (χ0) is 18.1. The van der Waals surface area contributed by atoms with Gasteiger partial charge in [-0.2, -0.15) is 0 Å². The molecule has 0 aliphatic rings. The van der Waals surface area contributed by atoms with Gasteiger partial charge in [-0.05, 0) is 19.8 Å². The van der Waals surface area contributed by atoms with Gasteiger partial charge in [-0.1, -0.05) is 13.8 Å². The van der Waals surface area contributed by atoms with Crippen molar-refractivity contribution in [3.8, 4) is 0 Å². The van der Waals surface area contributed by atoms with Crippen molar-refractivity contribution in [2.75, 3.05) is 6.54 Å². The van der Waals surface area contributed by atoms with Gasteiger partial charge in [0.1, 0.15) is 17.5 Å². The average molecular weight is 335 g/mol. The summed E-state index contributed by atoms with van der Waals surface area (Å²) < 4.78 is 6.64. The van der Waals surface area contributed by atoms with E-state index < -0.39 is 22.9 Å². The molecule has 0 saturated heterocycles. The zero-order valence-electron chi connectivity index (χ0n) is 14.2. The molecule has 2 heterocycles. The van der Waals surface area contributed by atoms with Crippen LogP contribution in [0, 0.1) is 12.3 Å². The van der Waals surface area contributed by atoms with E-state index in [2.05, 4.69) is 10.3 Å². The minimum atomic E-state index is -1.04. The number of aromatic nitrogens is 2. The minimum Gasteiger partial charge on any atom is -0.481 e. The molecule has 0 radical (unpaired) electrons. The fourth-order valence-electron chi connectivity index (χ4n) is 2.68. The van der Waals surface area contributed by atoms with E-state index in [4.69, 9.17) is 4.42 Å². The van der Waals surface area contributed by atoms with Crippen LogP contribution >= 0.6 is 0 Å². The number of hydrogen-bond donors (Lipinski definition) is 2. The van der Waals surface area contributed by atoms with Crippen LogP contribution in [0.15, 0.2) is 15.5 Å². The molecule has 0 aliphatic heterocycles. The van der Waals surface area contributed by atoms with E-state index in [1.54, 1.807) is 20.8 Å². The summed E-state index contributed by atoms with van der Waals surface area (Å²) in [5, 5.41) is 12.2. The zero-order valence-corrected chi connectivity index (χ0v) is 14.2. The van der Waals surface area contributed by atoms with E-state index >= 15 is 0 Å². The van der Waals surface area contributed by atoms with Gasteiger partial charge in [-0.3, -0.25) is 14.4 Å². The average Bonchev–Trinajstić information content (AvgIpc) is 2.89. The van der Waals surface area contributed by atoms with Crippen molar-refractivity contribution < 1.29 is 19.1 Å². The highest BCUT2D eigenvalue weighted by Gasteiger charge is 2.35. The van der Waals surface area contributed by atoms with Crippen LogP contribution in [0.5, 0.6) is 0 Å². The number of hydrogen-bond acceptors (Lipinski definition) is 5. The van der Waals surface area contributed by atoms with Gasteiger partial charge in [0.2, 0.25) is 5.71 Å². The van der Waals surface area contributed by atoms with Crippen LogP contribution in [0.25, 0.3) is 11.1 Å². The second-order valence-corrected chi connectivity index (χ2v) is 5.85. The molecule has 2 aromatic heterocycles. The molecule has 130 valence electrons. The maximum atomic E-state index is 12.6. The summed E-state index contributed by atoms with van der Waals surface area (Å²) in [5.41, 5.74) is -1.23. The number of carbonyl (C=O) groups excluding carboxylic acids is 1. The number of aryl methyl sites for hydroxylation is 2. The third-order valence-corrected chi connectivity index (χ3v) is 4.57. The molecule has 2 aromatic rings. The topological polar surface area (TPSA) is 114 Å². The van der Waals surface area contributed by atoms with Crippen molar-refractivity contribution in [2.24, 2.45) is 12.5 Å². The summed E-state index contributed by atoms with van der Waals surface area (Å²) in [7, 11) is 1.53. The summed E-state index contributed by atoms with van der Waals surface area (Å²) in [5.74, 6) is -1.23. The Hall–Kier alpha value is -2.64. The smallest absolute Gasteiger partial charge is 0.311 e. The first-order chi connectivity index (χ1) is 11.3. The quantitative estimate of drug-likeness (QED) is 0.826. The Morgan fingerprint density at radius 1 is 1.38 bits per heavy atom. The Kier molecular flexibility index (Phi) is 4.77. The van der Waals surface area contributed by atoms with Crippen LogP contribution in [0.3, 0.4) is 0 Å². The number of carboxylic acids is 1. The van der Waals surface area contributed by atoms with E-state index in [1.807, 2.05) is 0 Å². The maximum Gasteiger partial charge on any atom is 0.311 e. The lowest BCUT2D eigenvalue weighted by molar-refractivity contribution is -0.149. The van der Waals surface area contributed by atoms with Gasteiger partial charge in [0.15, 0.2) is 0 Å². The van der Waals surface area contributed by atoms with E-state index in [0.717, 1.165) is 0 Å². The molecule has 0 bridgehead atoms. The van der Waals surface area contributed by atoms with Crippen LogP contribution in [-0.4, -0.2) is 33.1 Å². The van der Waals surface area contributed by atoms with E-state index in [1.165, 1.54) is 17.9 Å². The van der Waals surface area contributed by atoms with Crippen molar-refractivity contribution in [2.45, 2.75) is 33.6 Å². The fourth-order valence-corrected chi connectivity index (χ4v) is 2.68. The highest BCUT2D eigenvalue weighted by atomic mass is 16.4. The number of fused-ring (bicyclic) bond motifs is 1. The number of amides is 1. The standard InChI is InChI=1S/C16H21N3O5/c1-5-16(6-2,15(22)23)7-17-12(20)10-9(3)24-13-11(10)14(21)19(4)8-18-13/h8H,5-7H2,1-4H3,(H,17,20)(H,22,23). The summed E-state index contributed by atoms with van der Waals surface area (Å²) in [4.78, 5) is 40.4. The Balaban J connectivity index is 2.39. The summed E-state index contributed by atoms with van der Waals surface area (Å²) in [6, 6.07) is 0. The van der Waals surface area contributed by atoms with Gasteiger partial charge >= 0.3 is 5.97 Å². The van der Waals surface area contributed by atoms with Crippen molar-refractivity contribution >= 4 is 23.0 Å². The summed E-state index contributed by atoms with van der Waals surface area (Å²) >= 11 is 0. The van der Waals surface area contributed by atoms with Crippen molar-refractivity contribution in [3.05, 3.63) is 28.0 Å². The summed E-state index contributed by atoms with van der Waals surface area (Å²) in [6.45, 7) is 5.07. The second kappa shape index (κ2) is 6.46. The van der Waals surface area contributed by atoms with E-state index in [9.17, 15) is 19.5 Å². The lowest BCUT2D eigenvalue weighted by Crippen LogP contribution is -2.42. The van der Waals surface area contributed by atoms with Gasteiger partial charge in [0, 0.05) is 13.6 Å². The highest BCUT2D eigenvalue weighted by Crippen LogP contribution is 2.26. The first kappa shape index (κ1) is 17.7. The molecular weight excluding hydrogens is 314 g/mol. The predicted octanol–water partition coefficient (Wildman–Crippen LogP) is 1.46. The Morgan fingerprint density at radius 3 is 2.54 bits per heavy atom. The monoisotopic (exact) mass is 335 g/mol. The van der Waals surface area contributed by atoms with Crippen LogP contribution in [-0.2, 0) is 11.8 Å². The lowest BCUT2D eigenvalue weighted by Gasteiger charge is -2.26. The Bertz CT molecular complexity index is 845. The van der Waals surface area contributed by atoms with Gasteiger partial charge in [0.25, 0.3) is 11.5 Å². The molecule has 0 saturated carbocycles. The maximum absolute atomic E-state index is 12.6. The SMILES string of the molecule is CCC(CC)(CNC(=O)c1c(C)oc2ncn(C)c(=O)c12)C(=O)O. The molecule has 8 nitrogen and oxygen atoms in total. The fraction of sp³-hybridized carbons (Fsp3) is 0.500. The molecule has 2 rings (SSSR count). The van der Waals surface area contributed by atoms with E-state index in [-0.39, 0.29) is 29.0 Å². The highest BCUT2D eigenvalue weighted by molar-refractivity contribution is 6.06. The normalized spacial score (nSPS) is 11.7. The molecule has 0 aromatic carbocycles. The van der Waals surface area contributed by atoms with Crippen LogP contribution in [0.4, 0.5) is 0 Å². The van der Waals surface area contributed by atoms with Crippen molar-refractivity contribution in [1.29, 1.82) is 0 Å². The second-order valence-electron chi connectivity index (χ2n) is 5.85. The Labute approximate surface area is 138 Å². The van der Waals surface area contributed by atoms with Gasteiger partial charge in [-0.15, -0.1) is 0 Å². The number of aliphatic carboxylic acids is 1. The molecule has 1 amide bonds. The number of rotatable bonds is 6. The number of nitrogens with zero attached hydrogens (tertiary/aromatic N) is 2. The molecule has 0 unspecified atom stereocenters. The first-order valence-electron chi connectivity index (χ1n) is 7.73. The molecular formula is C16H21N3O5. The summed E-state index contributed by atoms with van der Waals surface area (Å²) in [6.07, 6.45) is 2.08. The third-order valence-electron chi connectivity index (χ3n) is 4.57. The molecule has 8 heteroatoms. The molecule has 0 atom stereocenters. The van der Waals surface area contributed by atoms with Gasteiger partial charge in [0.05, 0.1) is 11.0 Å². The third kappa shape index (κ3) is 2.79. The molecule has 0 aliphatic carbocycles. The van der Waals surface area contributed by atoms with Crippen LogP contribution in [0.1, 0.15) is 42.8 Å². The predicted molar refractivity (Wildman–Crippen MR) is 87.0 cm³/mol. The first-order valence-corrected chi connectivity index (χ1v) is 7.73. The van der Waals surface area contributed by atoms with Crippen molar-refractivity contribution in [3.63, 3.8) is 0 Å². The van der Waals surface area contributed by atoms with Gasteiger partial charge in [-0.25, -0.2) is 4.98 Å². The largest absolute Gasteiger partial charge is 0.481 e. The van der Waals surface area contributed by atoms with Gasteiger partial charge < -0.3 is 19.4 Å². The van der Waals surface area contributed by atoms with Crippen LogP contribution < -0.4 is 10.9 Å². The number of carboxylic acid groups (broad SMARTS) is 1. The number of nitrogens with one attached hydrogen (secondary N) is 1. The Morgan fingerprint density at radius 2 is 2.00 bits per heavy atom. The molecule has 2 N–H and O–H groups in total. The number of furan rings is 1. The molecule has 24 heavy (non-hydrogen) atoms. The lowest BCUT2D eigenvalue weighted by atomic mass is 9.82. The van der Waals surface area contributed by atoms with Crippen LogP contribution in [0.2, 0.25) is 0 Å².